The van der Waals surface area contributed by atoms with Gasteiger partial charge in [0.05, 0.1) is 0 Å². The molecule has 0 aliphatic carbocycles. The molecule has 2 saturated heterocycles. The molecule has 2 heterocycles. The number of hydrogen-bond donors (Lipinski definition) is 1. The van der Waals surface area contributed by atoms with E-state index in [1.165, 1.54) is 0 Å². The molecule has 0 aromatic heterocycles. The first kappa shape index (κ1) is 15.6. The standard InChI is InChI=1S/C15H28N2O3/c1-14(2,3)20-13(18)17-11-15(5-4-12(17)10-16)6-8-19-9-7-15/h12H,4-11,16H2,1-3H3/t12-/m0/s1. The molecule has 2 rings (SSSR count). The van der Waals surface area contributed by atoms with Crippen molar-refractivity contribution in [3.05, 3.63) is 0 Å². The predicted octanol–water partition coefficient (Wildman–Crippen LogP) is 2.14. The van der Waals surface area contributed by atoms with Crippen LogP contribution in [0.25, 0.3) is 0 Å². The van der Waals surface area contributed by atoms with Crippen LogP contribution in [0.3, 0.4) is 0 Å². The van der Waals surface area contributed by atoms with E-state index in [0.717, 1.165) is 45.4 Å². The van der Waals surface area contributed by atoms with Crippen LogP contribution < -0.4 is 5.73 Å². The SMILES string of the molecule is CC(C)(C)OC(=O)N1CC2(CCOCC2)CC[C@H]1CN. The van der Waals surface area contributed by atoms with Gasteiger partial charge in [-0.25, -0.2) is 4.79 Å². The number of rotatable bonds is 1. The zero-order valence-electron chi connectivity index (χ0n) is 13.0. The van der Waals surface area contributed by atoms with Gasteiger partial charge in [-0.15, -0.1) is 0 Å². The Labute approximate surface area is 121 Å². The van der Waals surface area contributed by atoms with Crippen molar-refractivity contribution in [3.8, 4) is 0 Å². The highest BCUT2D eigenvalue weighted by Crippen LogP contribution is 2.41. The molecule has 2 N–H and O–H groups in total. The predicted molar refractivity (Wildman–Crippen MR) is 77.5 cm³/mol. The number of piperidine rings is 1. The second-order valence-corrected chi connectivity index (χ2v) is 7.15. The molecule has 0 unspecified atom stereocenters. The van der Waals surface area contributed by atoms with Gasteiger partial charge in [-0.2, -0.15) is 0 Å². The number of carbonyl (C=O) groups is 1. The fourth-order valence-electron chi connectivity index (χ4n) is 3.19. The average molecular weight is 284 g/mol. The Morgan fingerprint density at radius 1 is 1.35 bits per heavy atom. The zero-order valence-corrected chi connectivity index (χ0v) is 13.0. The Kier molecular flexibility index (Phi) is 4.59. The van der Waals surface area contributed by atoms with Crippen molar-refractivity contribution in [2.75, 3.05) is 26.3 Å². The van der Waals surface area contributed by atoms with Crippen molar-refractivity contribution in [1.29, 1.82) is 0 Å². The third-order valence-corrected chi connectivity index (χ3v) is 4.41. The van der Waals surface area contributed by atoms with Crippen LogP contribution >= 0.6 is 0 Å². The van der Waals surface area contributed by atoms with Crippen molar-refractivity contribution in [1.82, 2.24) is 4.90 Å². The number of nitrogens with zero attached hydrogens (tertiary/aromatic N) is 1. The van der Waals surface area contributed by atoms with Crippen LogP contribution in [0.1, 0.15) is 46.5 Å². The molecule has 5 nitrogen and oxygen atoms in total. The second-order valence-electron chi connectivity index (χ2n) is 7.15. The van der Waals surface area contributed by atoms with Gasteiger partial charge in [0.15, 0.2) is 0 Å². The van der Waals surface area contributed by atoms with Gasteiger partial charge in [0.1, 0.15) is 5.60 Å². The minimum absolute atomic E-state index is 0.110. The van der Waals surface area contributed by atoms with Gasteiger partial charge in [-0.3, -0.25) is 0 Å². The average Bonchev–Trinajstić information content (AvgIpc) is 2.38. The van der Waals surface area contributed by atoms with Crippen LogP contribution in [0.4, 0.5) is 4.79 Å². The van der Waals surface area contributed by atoms with Crippen LogP contribution in [-0.2, 0) is 9.47 Å². The fraction of sp³-hybridized carbons (Fsp3) is 0.933. The van der Waals surface area contributed by atoms with Crippen LogP contribution in [-0.4, -0.2) is 48.9 Å². The highest BCUT2D eigenvalue weighted by atomic mass is 16.6. The summed E-state index contributed by atoms with van der Waals surface area (Å²) in [4.78, 5) is 14.3. The lowest BCUT2D eigenvalue weighted by atomic mass is 9.72. The Morgan fingerprint density at radius 3 is 2.55 bits per heavy atom. The smallest absolute Gasteiger partial charge is 0.410 e. The molecule has 1 atom stereocenters. The lowest BCUT2D eigenvalue weighted by Gasteiger charge is -2.48. The summed E-state index contributed by atoms with van der Waals surface area (Å²) in [6, 6.07) is 0.110. The summed E-state index contributed by atoms with van der Waals surface area (Å²) in [5.41, 5.74) is 5.59. The molecule has 2 aliphatic rings. The van der Waals surface area contributed by atoms with Crippen molar-refractivity contribution in [2.24, 2.45) is 11.1 Å². The van der Waals surface area contributed by atoms with Crippen molar-refractivity contribution >= 4 is 6.09 Å². The summed E-state index contributed by atoms with van der Waals surface area (Å²) in [5, 5.41) is 0. The van der Waals surface area contributed by atoms with Gasteiger partial charge in [0, 0.05) is 32.3 Å². The molecule has 0 aromatic carbocycles. The second kappa shape index (κ2) is 5.90. The largest absolute Gasteiger partial charge is 0.444 e. The minimum atomic E-state index is -0.462. The number of nitrogens with two attached hydrogens (primary N) is 1. The van der Waals surface area contributed by atoms with Crippen molar-refractivity contribution in [2.45, 2.75) is 58.1 Å². The van der Waals surface area contributed by atoms with Gasteiger partial charge in [0.2, 0.25) is 0 Å². The van der Waals surface area contributed by atoms with Crippen LogP contribution in [0.15, 0.2) is 0 Å². The molecule has 2 fully saturated rings. The van der Waals surface area contributed by atoms with Gasteiger partial charge < -0.3 is 20.1 Å². The van der Waals surface area contributed by atoms with Crippen molar-refractivity contribution < 1.29 is 14.3 Å². The first-order chi connectivity index (χ1) is 9.35. The van der Waals surface area contributed by atoms with E-state index >= 15 is 0 Å². The highest BCUT2D eigenvalue weighted by molar-refractivity contribution is 5.69. The Bertz CT molecular complexity index is 346. The molecule has 20 heavy (non-hydrogen) atoms. The topological polar surface area (TPSA) is 64.8 Å². The van der Waals surface area contributed by atoms with E-state index < -0.39 is 5.60 Å². The highest BCUT2D eigenvalue weighted by Gasteiger charge is 2.43. The van der Waals surface area contributed by atoms with Gasteiger partial charge >= 0.3 is 6.09 Å². The summed E-state index contributed by atoms with van der Waals surface area (Å²) < 4.78 is 11.0. The van der Waals surface area contributed by atoms with Crippen LogP contribution in [0.2, 0.25) is 0 Å². The molecular formula is C15H28N2O3. The van der Waals surface area contributed by atoms with Gasteiger partial charge in [0.25, 0.3) is 0 Å². The number of amides is 1. The van der Waals surface area contributed by atoms with Crippen LogP contribution in [0, 0.1) is 5.41 Å². The summed E-state index contributed by atoms with van der Waals surface area (Å²) in [7, 11) is 0. The molecule has 0 aromatic rings. The number of likely N-dealkylation sites (tertiary alicyclic amines) is 1. The molecule has 1 spiro atoms. The minimum Gasteiger partial charge on any atom is -0.444 e. The van der Waals surface area contributed by atoms with E-state index in [0.29, 0.717) is 6.54 Å². The maximum absolute atomic E-state index is 12.4. The monoisotopic (exact) mass is 284 g/mol. The third-order valence-electron chi connectivity index (χ3n) is 4.41. The Morgan fingerprint density at radius 2 is 2.00 bits per heavy atom. The number of carbonyl (C=O) groups excluding carboxylic acids is 1. The molecule has 0 radical (unpaired) electrons. The normalized spacial score (nSPS) is 26.6. The van der Waals surface area contributed by atoms with E-state index in [4.69, 9.17) is 15.2 Å². The first-order valence-electron chi connectivity index (χ1n) is 7.63. The van der Waals surface area contributed by atoms with Gasteiger partial charge in [-0.05, 0) is 51.9 Å². The maximum Gasteiger partial charge on any atom is 0.410 e. The summed E-state index contributed by atoms with van der Waals surface area (Å²) in [6.45, 7) is 8.56. The maximum atomic E-state index is 12.4. The molecule has 116 valence electrons. The molecule has 1 amide bonds. The Hall–Kier alpha value is -0.810. The summed E-state index contributed by atoms with van der Waals surface area (Å²) >= 11 is 0. The first-order valence-corrected chi connectivity index (χ1v) is 7.63. The molecule has 2 aliphatic heterocycles. The quantitative estimate of drug-likeness (QED) is 0.801. The zero-order chi connectivity index (χ0) is 14.8. The van der Waals surface area contributed by atoms with E-state index in [2.05, 4.69) is 0 Å². The van der Waals surface area contributed by atoms with Crippen molar-refractivity contribution in [3.63, 3.8) is 0 Å². The van der Waals surface area contributed by atoms with Crippen LogP contribution in [0.5, 0.6) is 0 Å². The molecule has 0 bridgehead atoms. The van der Waals surface area contributed by atoms with E-state index in [-0.39, 0.29) is 17.6 Å². The summed E-state index contributed by atoms with van der Waals surface area (Å²) in [6.07, 6.45) is 3.94. The van der Waals surface area contributed by atoms with E-state index in [1.807, 2.05) is 25.7 Å². The van der Waals surface area contributed by atoms with E-state index in [1.54, 1.807) is 0 Å². The fourth-order valence-corrected chi connectivity index (χ4v) is 3.19. The van der Waals surface area contributed by atoms with Gasteiger partial charge in [-0.1, -0.05) is 0 Å². The third kappa shape index (κ3) is 3.64. The molecular weight excluding hydrogens is 256 g/mol. The lowest BCUT2D eigenvalue weighted by molar-refractivity contribution is -0.0516. The number of ether oxygens (including phenoxy) is 2. The molecule has 0 saturated carbocycles. The summed E-state index contributed by atoms with van der Waals surface area (Å²) in [5.74, 6) is 0. The lowest BCUT2D eigenvalue weighted by Crippen LogP contribution is -2.56. The van der Waals surface area contributed by atoms with E-state index in [9.17, 15) is 4.79 Å². The Balaban J connectivity index is 2.08. The molecule has 5 heteroatoms. The number of hydrogen-bond acceptors (Lipinski definition) is 4.